The third-order valence-electron chi connectivity index (χ3n) is 2.28. The molecular formula is C12H6S2Se6. The molecule has 0 aromatic rings. The first-order valence-electron chi connectivity index (χ1n) is 5.47. The van der Waals surface area contributed by atoms with Gasteiger partial charge in [0.1, 0.15) is 0 Å². The van der Waals surface area contributed by atoms with Crippen LogP contribution in [-0.2, 0) is 0 Å². The Hall–Kier alpha value is 2.26. The summed E-state index contributed by atoms with van der Waals surface area (Å²) in [5.41, 5.74) is 0. The zero-order valence-electron chi connectivity index (χ0n) is 9.73. The zero-order valence-corrected chi connectivity index (χ0v) is 21.6. The summed E-state index contributed by atoms with van der Waals surface area (Å²) in [5.74, 6) is 0. The molecule has 0 unspecified atom stereocenters. The second-order valence-electron chi connectivity index (χ2n) is 3.55. The minimum absolute atomic E-state index is 0.659. The van der Waals surface area contributed by atoms with Crippen molar-refractivity contribution in [1.82, 2.24) is 0 Å². The molecule has 0 aromatic heterocycles. The van der Waals surface area contributed by atoms with Crippen molar-refractivity contribution in [1.29, 1.82) is 0 Å². The van der Waals surface area contributed by atoms with E-state index in [9.17, 15) is 0 Å². The molecule has 0 fully saturated rings. The molecule has 0 atom stereocenters. The summed E-state index contributed by atoms with van der Waals surface area (Å²) < 4.78 is 10.5. The number of rotatable bonds is 1. The second kappa shape index (κ2) is 7.43. The maximum absolute atomic E-state index is 2.43. The molecule has 0 radical (unpaired) electrons. The topological polar surface area (TPSA) is 0 Å². The van der Waals surface area contributed by atoms with Crippen molar-refractivity contribution >= 4 is 113 Å². The van der Waals surface area contributed by atoms with Gasteiger partial charge in [0, 0.05) is 0 Å². The molecule has 0 spiro atoms. The maximum atomic E-state index is 2.43. The average Bonchev–Trinajstić information content (AvgIpc) is 3.19. The standard InChI is InChI=1S/C12H6S2Se6/c1(2-8-15-3-4-16-8)7-13-9-10(14-7)20-12(19-9)11-17-5-6-18-11/h1-6H. The van der Waals surface area contributed by atoms with Gasteiger partial charge in [0.25, 0.3) is 0 Å². The van der Waals surface area contributed by atoms with Crippen LogP contribution in [0, 0.1) is 0 Å². The normalized spacial score (nSPS) is 24.4. The molecular weight excluding hydrogens is 682 g/mol. The van der Waals surface area contributed by atoms with Gasteiger partial charge < -0.3 is 0 Å². The summed E-state index contributed by atoms with van der Waals surface area (Å²) in [6.07, 6.45) is 4.80. The van der Waals surface area contributed by atoms with Gasteiger partial charge in [-0.05, 0) is 0 Å². The molecule has 20 heavy (non-hydrogen) atoms. The molecule has 0 aromatic carbocycles. The van der Waals surface area contributed by atoms with E-state index in [-0.39, 0.29) is 0 Å². The van der Waals surface area contributed by atoms with Crippen molar-refractivity contribution in [3.63, 3.8) is 0 Å². The quantitative estimate of drug-likeness (QED) is 0.385. The number of thioether (sulfide) groups is 2. The third-order valence-corrected chi connectivity index (χ3v) is 26.7. The van der Waals surface area contributed by atoms with E-state index >= 15 is 0 Å². The first kappa shape index (κ1) is 15.8. The molecule has 4 aliphatic rings. The Morgan fingerprint density at radius 2 is 1.30 bits per heavy atom. The monoisotopic (exact) mass is 693 g/mol. The summed E-state index contributed by atoms with van der Waals surface area (Å²) in [7, 11) is 0. The van der Waals surface area contributed by atoms with Crippen LogP contribution in [0.25, 0.3) is 0 Å². The van der Waals surface area contributed by atoms with Gasteiger partial charge in [-0.2, -0.15) is 0 Å². The van der Waals surface area contributed by atoms with E-state index in [1.165, 1.54) is 4.24 Å². The molecule has 102 valence electrons. The van der Waals surface area contributed by atoms with Crippen LogP contribution in [0.4, 0.5) is 0 Å². The van der Waals surface area contributed by atoms with Gasteiger partial charge in [0.05, 0.1) is 0 Å². The van der Waals surface area contributed by atoms with Gasteiger partial charge in [-0.25, -0.2) is 0 Å². The van der Waals surface area contributed by atoms with Crippen LogP contribution in [0.15, 0.2) is 54.0 Å². The van der Waals surface area contributed by atoms with E-state index in [0.717, 1.165) is 29.9 Å². The fraction of sp³-hybridized carbons (Fsp3) is 0. The summed E-state index contributed by atoms with van der Waals surface area (Å²) in [6.45, 7) is 0. The van der Waals surface area contributed by atoms with Crippen molar-refractivity contribution in [2.75, 3.05) is 0 Å². The number of hydrogen-bond donors (Lipinski definition) is 0. The molecule has 8 heteroatoms. The molecule has 4 rings (SSSR count). The van der Waals surface area contributed by atoms with Crippen molar-refractivity contribution in [3.05, 3.63) is 54.0 Å². The predicted octanol–water partition coefficient (Wildman–Crippen LogP) is 1.61. The average molecular weight is 688 g/mol. The SMILES string of the molecule is C1=C[Se]C(=CC=C2SC3=C(S2)[Se]C(=C2[Se]C=C[Se]2)[Se]3)[Se]1. The van der Waals surface area contributed by atoms with Gasteiger partial charge in [-0.15, -0.1) is 0 Å². The fourth-order valence-electron chi connectivity index (χ4n) is 1.49. The molecule has 0 aliphatic carbocycles. The Labute approximate surface area is 165 Å². The van der Waals surface area contributed by atoms with Crippen LogP contribution in [-0.4, -0.2) is 89.7 Å². The van der Waals surface area contributed by atoms with Crippen LogP contribution in [0.1, 0.15) is 0 Å². The molecule has 0 nitrogen and oxygen atoms in total. The first-order chi connectivity index (χ1) is 9.88. The molecule has 0 saturated heterocycles. The molecule has 0 saturated carbocycles. The van der Waals surface area contributed by atoms with Gasteiger partial charge in [0.2, 0.25) is 0 Å². The Morgan fingerprint density at radius 1 is 0.700 bits per heavy atom. The number of hydrogen-bond acceptors (Lipinski definition) is 2. The van der Waals surface area contributed by atoms with Gasteiger partial charge >= 0.3 is 167 Å². The van der Waals surface area contributed by atoms with E-state index in [1.807, 2.05) is 6.74 Å². The van der Waals surface area contributed by atoms with E-state index in [4.69, 9.17) is 0 Å². The Morgan fingerprint density at radius 3 is 1.95 bits per heavy atom. The van der Waals surface area contributed by atoms with Crippen LogP contribution in [0.5, 0.6) is 0 Å². The summed E-state index contributed by atoms with van der Waals surface area (Å²) >= 11 is 8.29. The summed E-state index contributed by atoms with van der Waals surface area (Å²) in [6, 6.07) is 0. The van der Waals surface area contributed by atoms with Crippen molar-refractivity contribution in [2.45, 2.75) is 0 Å². The molecule has 0 amide bonds. The minimum atomic E-state index is 0.659. The zero-order chi connectivity index (χ0) is 13.4. The van der Waals surface area contributed by atoms with Crippen LogP contribution < -0.4 is 0 Å². The van der Waals surface area contributed by atoms with Crippen molar-refractivity contribution in [3.8, 4) is 0 Å². The third kappa shape index (κ3) is 3.67. The Kier molecular flexibility index (Phi) is 5.86. The second-order valence-corrected chi connectivity index (χ2v) is 23.1. The predicted molar refractivity (Wildman–Crippen MR) is 98.2 cm³/mol. The summed E-state index contributed by atoms with van der Waals surface area (Å²) in [5, 5.41) is 0. The molecule has 4 heterocycles. The van der Waals surface area contributed by atoms with Crippen LogP contribution in [0.3, 0.4) is 0 Å². The van der Waals surface area contributed by atoms with Crippen LogP contribution in [0.2, 0.25) is 0 Å². The van der Waals surface area contributed by atoms with E-state index in [2.05, 4.69) is 55.6 Å². The number of allylic oxidation sites excluding steroid dienone is 2. The van der Waals surface area contributed by atoms with Gasteiger partial charge in [-0.1, -0.05) is 0 Å². The van der Waals surface area contributed by atoms with Gasteiger partial charge in [-0.3, -0.25) is 0 Å². The van der Waals surface area contributed by atoms with E-state index < -0.39 is 0 Å². The van der Waals surface area contributed by atoms with Crippen molar-refractivity contribution in [2.24, 2.45) is 0 Å². The molecule has 0 bridgehead atoms. The van der Waals surface area contributed by atoms with E-state index in [1.54, 1.807) is 11.0 Å². The van der Waals surface area contributed by atoms with Gasteiger partial charge in [0.15, 0.2) is 0 Å². The van der Waals surface area contributed by atoms with Crippen molar-refractivity contribution < 1.29 is 0 Å². The summed E-state index contributed by atoms with van der Waals surface area (Å²) in [4.78, 5) is 9.60. The first-order valence-corrected chi connectivity index (χ1v) is 17.9. The molecule has 4 aliphatic heterocycles. The Bertz CT molecular complexity index is 598. The van der Waals surface area contributed by atoms with Crippen LogP contribution >= 0.6 is 23.5 Å². The van der Waals surface area contributed by atoms with E-state index in [0.29, 0.717) is 59.8 Å². The fourth-order valence-corrected chi connectivity index (χ4v) is 26.2. The molecule has 0 N–H and O–H groups in total. The Balaban J connectivity index is 1.41.